The first-order chi connectivity index (χ1) is 16.5. The zero-order valence-electron chi connectivity index (χ0n) is 20.8. The highest BCUT2D eigenvalue weighted by Crippen LogP contribution is 2.42. The molecule has 1 N–H and O–H groups in total. The van der Waals surface area contributed by atoms with E-state index in [-0.39, 0.29) is 6.09 Å². The first-order valence-electron chi connectivity index (χ1n) is 11.7. The average Bonchev–Trinajstić information content (AvgIpc) is 3.17. The van der Waals surface area contributed by atoms with Gasteiger partial charge in [-0.1, -0.05) is 29.8 Å². The summed E-state index contributed by atoms with van der Waals surface area (Å²) < 4.78 is 13.4. The fourth-order valence-corrected chi connectivity index (χ4v) is 5.03. The van der Waals surface area contributed by atoms with Crippen molar-refractivity contribution in [1.29, 1.82) is 0 Å². The number of rotatable bonds is 4. The molecular formula is C27H32BrN3O4. The Morgan fingerprint density at radius 1 is 1.06 bits per heavy atom. The first-order valence-corrected chi connectivity index (χ1v) is 12.5. The zero-order valence-corrected chi connectivity index (χ0v) is 22.4. The Kier molecular flexibility index (Phi) is 6.97. The van der Waals surface area contributed by atoms with Gasteiger partial charge in [0, 0.05) is 18.7 Å². The molecule has 4 rings (SSSR count). The first kappa shape index (κ1) is 25.3. The van der Waals surface area contributed by atoms with Gasteiger partial charge >= 0.3 is 6.09 Å². The van der Waals surface area contributed by atoms with Crippen LogP contribution in [0, 0.1) is 6.92 Å². The maximum Gasteiger partial charge on any atom is 0.410 e. The molecule has 1 aliphatic heterocycles. The number of hydrogen-bond acceptors (Lipinski definition) is 5. The van der Waals surface area contributed by atoms with Crippen LogP contribution in [0.3, 0.4) is 0 Å². The fraction of sp³-hybridized carbons (Fsp3) is 0.407. The minimum atomic E-state index is -1.19. The number of aromatic nitrogens is 2. The molecular weight excluding hydrogens is 510 g/mol. The largest absolute Gasteiger partial charge is 0.497 e. The van der Waals surface area contributed by atoms with Crippen molar-refractivity contribution in [3.8, 4) is 22.7 Å². The molecule has 1 saturated heterocycles. The summed E-state index contributed by atoms with van der Waals surface area (Å²) in [4.78, 5) is 14.2. The summed E-state index contributed by atoms with van der Waals surface area (Å²) in [7, 11) is 1.63. The topological polar surface area (TPSA) is 76.8 Å². The average molecular weight is 542 g/mol. The number of carbonyl (C=O) groups is 1. The number of benzene rings is 2. The van der Waals surface area contributed by atoms with Crippen LogP contribution in [0.25, 0.3) is 16.9 Å². The van der Waals surface area contributed by atoms with Gasteiger partial charge in [-0.05, 0) is 80.7 Å². The molecule has 2 aromatic carbocycles. The molecule has 1 fully saturated rings. The van der Waals surface area contributed by atoms with Gasteiger partial charge in [-0.3, -0.25) is 0 Å². The van der Waals surface area contributed by atoms with E-state index in [1.165, 1.54) is 0 Å². The summed E-state index contributed by atoms with van der Waals surface area (Å²) in [6.07, 6.45) is 0.359. The zero-order chi connectivity index (χ0) is 25.4. The number of aryl methyl sites for hydroxylation is 1. The SMILES string of the molecule is COc1ccc(-n2nc(C3(O)CCN(C(=O)OC(C)(C)C)CC3)c(Br)c2-c2ccc(C)cc2)cc1. The van der Waals surface area contributed by atoms with Crippen LogP contribution in [0.15, 0.2) is 53.0 Å². The summed E-state index contributed by atoms with van der Waals surface area (Å²) in [6, 6.07) is 15.9. The molecule has 0 saturated carbocycles. The van der Waals surface area contributed by atoms with Crippen LogP contribution in [-0.4, -0.2) is 51.7 Å². The number of nitrogens with zero attached hydrogens (tertiary/aromatic N) is 3. The van der Waals surface area contributed by atoms with Crippen molar-refractivity contribution in [2.75, 3.05) is 20.2 Å². The molecule has 2 heterocycles. The van der Waals surface area contributed by atoms with Gasteiger partial charge in [-0.2, -0.15) is 5.10 Å². The molecule has 0 spiro atoms. The summed E-state index contributed by atoms with van der Waals surface area (Å²) in [6.45, 7) is 8.36. The highest BCUT2D eigenvalue weighted by Gasteiger charge is 2.41. The Morgan fingerprint density at radius 3 is 2.20 bits per heavy atom. The Morgan fingerprint density at radius 2 is 1.66 bits per heavy atom. The molecule has 8 heteroatoms. The second kappa shape index (κ2) is 9.66. The third-order valence-corrected chi connectivity index (χ3v) is 6.90. The van der Waals surface area contributed by atoms with E-state index in [2.05, 4.69) is 40.2 Å². The van der Waals surface area contributed by atoms with Gasteiger partial charge in [0.2, 0.25) is 0 Å². The van der Waals surface area contributed by atoms with Gasteiger partial charge in [0.15, 0.2) is 0 Å². The lowest BCUT2D eigenvalue weighted by Gasteiger charge is -2.37. The smallest absolute Gasteiger partial charge is 0.410 e. The number of halogens is 1. The van der Waals surface area contributed by atoms with Crippen molar-refractivity contribution in [2.45, 2.75) is 51.7 Å². The van der Waals surface area contributed by atoms with E-state index in [0.717, 1.165) is 32.7 Å². The molecule has 0 aliphatic carbocycles. The second-order valence-electron chi connectivity index (χ2n) is 9.99. The van der Waals surface area contributed by atoms with Crippen molar-refractivity contribution in [3.63, 3.8) is 0 Å². The van der Waals surface area contributed by atoms with Crippen LogP contribution in [0.1, 0.15) is 44.9 Å². The van der Waals surface area contributed by atoms with E-state index in [1.54, 1.807) is 12.0 Å². The Hall–Kier alpha value is -2.84. The second-order valence-corrected chi connectivity index (χ2v) is 10.8. The molecule has 0 radical (unpaired) electrons. The summed E-state index contributed by atoms with van der Waals surface area (Å²) in [5.41, 5.74) is 2.66. The highest BCUT2D eigenvalue weighted by atomic mass is 79.9. The van der Waals surface area contributed by atoms with E-state index in [0.29, 0.717) is 31.6 Å². The summed E-state index contributed by atoms with van der Waals surface area (Å²) in [5.74, 6) is 0.755. The van der Waals surface area contributed by atoms with E-state index in [1.807, 2.05) is 56.6 Å². The minimum absolute atomic E-state index is 0.359. The van der Waals surface area contributed by atoms with Crippen molar-refractivity contribution >= 4 is 22.0 Å². The monoisotopic (exact) mass is 541 g/mol. The van der Waals surface area contributed by atoms with Crippen molar-refractivity contribution in [1.82, 2.24) is 14.7 Å². The maximum atomic E-state index is 12.5. The minimum Gasteiger partial charge on any atom is -0.497 e. The van der Waals surface area contributed by atoms with Crippen molar-refractivity contribution < 1.29 is 19.4 Å². The van der Waals surface area contributed by atoms with E-state index in [4.69, 9.17) is 14.6 Å². The number of amides is 1. The predicted molar refractivity (Wildman–Crippen MR) is 139 cm³/mol. The van der Waals surface area contributed by atoms with Gasteiger partial charge in [-0.25, -0.2) is 9.48 Å². The van der Waals surface area contributed by atoms with Crippen molar-refractivity contribution in [3.05, 3.63) is 64.3 Å². The number of piperidine rings is 1. The molecule has 3 aromatic rings. The Labute approximate surface area is 214 Å². The number of likely N-dealkylation sites (tertiary alicyclic amines) is 1. The van der Waals surface area contributed by atoms with Crippen LogP contribution in [0.4, 0.5) is 4.79 Å². The normalized spacial score (nSPS) is 15.7. The van der Waals surface area contributed by atoms with Crippen LogP contribution in [-0.2, 0) is 10.3 Å². The molecule has 7 nitrogen and oxygen atoms in total. The molecule has 186 valence electrons. The Bertz CT molecular complexity index is 1190. The third kappa shape index (κ3) is 5.38. The van der Waals surface area contributed by atoms with Crippen LogP contribution in [0.2, 0.25) is 0 Å². The maximum absolute atomic E-state index is 12.5. The molecule has 0 unspecified atom stereocenters. The highest BCUT2D eigenvalue weighted by molar-refractivity contribution is 9.10. The van der Waals surface area contributed by atoms with E-state index >= 15 is 0 Å². The third-order valence-electron chi connectivity index (χ3n) is 6.15. The lowest BCUT2D eigenvalue weighted by Crippen LogP contribution is -2.47. The predicted octanol–water partition coefficient (Wildman–Crippen LogP) is 5.84. The number of hydrogen-bond donors (Lipinski definition) is 1. The number of aliphatic hydroxyl groups is 1. The molecule has 0 bridgehead atoms. The van der Waals surface area contributed by atoms with Crippen LogP contribution >= 0.6 is 15.9 Å². The van der Waals surface area contributed by atoms with E-state index in [9.17, 15) is 9.90 Å². The van der Waals surface area contributed by atoms with Crippen molar-refractivity contribution in [2.24, 2.45) is 0 Å². The van der Waals surface area contributed by atoms with Gasteiger partial charge in [0.25, 0.3) is 0 Å². The number of methoxy groups -OCH3 is 1. The molecule has 35 heavy (non-hydrogen) atoms. The molecule has 1 amide bonds. The fourth-order valence-electron chi connectivity index (χ4n) is 4.19. The number of ether oxygens (including phenoxy) is 2. The molecule has 1 aliphatic rings. The van der Waals surface area contributed by atoms with Gasteiger partial charge in [-0.15, -0.1) is 0 Å². The molecule has 0 atom stereocenters. The van der Waals surface area contributed by atoms with Gasteiger partial charge in [0.1, 0.15) is 22.6 Å². The Balaban J connectivity index is 1.70. The summed E-state index contributed by atoms with van der Waals surface area (Å²) >= 11 is 3.76. The quantitative estimate of drug-likeness (QED) is 0.449. The lowest BCUT2D eigenvalue weighted by molar-refractivity contribution is -0.0387. The number of carbonyl (C=O) groups excluding carboxylic acids is 1. The van der Waals surface area contributed by atoms with Crippen LogP contribution in [0.5, 0.6) is 5.75 Å². The lowest BCUT2D eigenvalue weighted by atomic mass is 9.88. The standard InChI is InChI=1S/C27H32BrN3O4/c1-18-6-8-19(9-7-18)23-22(28)24(29-31(23)20-10-12-21(34-5)13-11-20)27(33)14-16-30(17-15-27)25(32)35-26(2,3)4/h6-13,33H,14-17H2,1-5H3. The molecule has 1 aromatic heterocycles. The van der Waals surface area contributed by atoms with Crippen LogP contribution < -0.4 is 4.74 Å². The van der Waals surface area contributed by atoms with E-state index < -0.39 is 11.2 Å². The summed E-state index contributed by atoms with van der Waals surface area (Å²) in [5, 5.41) is 16.6. The van der Waals surface area contributed by atoms with Gasteiger partial charge in [0.05, 0.1) is 23.0 Å². The van der Waals surface area contributed by atoms with Gasteiger partial charge < -0.3 is 19.5 Å².